The molecule has 1 heterocycles. The van der Waals surface area contributed by atoms with E-state index in [1.807, 2.05) is 45.0 Å². The summed E-state index contributed by atoms with van der Waals surface area (Å²) in [6.45, 7) is 6.89. The number of likely N-dealkylation sites (tertiary alicyclic amines) is 1. The number of nitrogen functional groups attached to an aromatic ring is 1. The first kappa shape index (κ1) is 15.5. The molecule has 1 amide bonds. The summed E-state index contributed by atoms with van der Waals surface area (Å²) < 4.78 is 11.3. The second kappa shape index (κ2) is 6.24. The number of nitrogens with zero attached hydrogens (tertiary/aromatic N) is 1. The second-order valence-corrected chi connectivity index (χ2v) is 6.38. The third-order valence-corrected chi connectivity index (χ3v) is 3.21. The van der Waals surface area contributed by atoms with Gasteiger partial charge in [-0.2, -0.15) is 0 Å². The molecule has 1 atom stereocenters. The molecule has 1 fully saturated rings. The monoisotopic (exact) mass is 292 g/mol. The maximum absolute atomic E-state index is 12.1. The number of amides is 1. The van der Waals surface area contributed by atoms with Gasteiger partial charge in [0, 0.05) is 12.2 Å². The van der Waals surface area contributed by atoms with E-state index in [1.165, 1.54) is 0 Å². The molecule has 0 aromatic heterocycles. The van der Waals surface area contributed by atoms with Crippen LogP contribution in [0.3, 0.4) is 0 Å². The molecule has 2 rings (SSSR count). The van der Waals surface area contributed by atoms with Gasteiger partial charge in [0.05, 0.1) is 6.54 Å². The molecule has 0 bridgehead atoms. The SMILES string of the molecule is CC(C)(C)OC(=O)N1CCCC(Oc2ccc(N)cc2)C1. The van der Waals surface area contributed by atoms with Gasteiger partial charge >= 0.3 is 6.09 Å². The van der Waals surface area contributed by atoms with Crippen LogP contribution in [0.5, 0.6) is 5.75 Å². The standard InChI is InChI=1S/C16H24N2O3/c1-16(2,3)21-15(19)18-10-4-5-14(11-18)20-13-8-6-12(17)7-9-13/h6-9,14H,4-5,10-11,17H2,1-3H3. The summed E-state index contributed by atoms with van der Waals surface area (Å²) >= 11 is 0. The lowest BCUT2D eigenvalue weighted by Gasteiger charge is -2.34. The van der Waals surface area contributed by atoms with E-state index in [1.54, 1.807) is 4.90 Å². The van der Waals surface area contributed by atoms with Crippen LogP contribution in [0.4, 0.5) is 10.5 Å². The Morgan fingerprint density at radius 1 is 1.29 bits per heavy atom. The topological polar surface area (TPSA) is 64.8 Å². The lowest BCUT2D eigenvalue weighted by atomic mass is 10.1. The fraction of sp³-hybridized carbons (Fsp3) is 0.562. The van der Waals surface area contributed by atoms with Crippen molar-refractivity contribution in [2.24, 2.45) is 0 Å². The van der Waals surface area contributed by atoms with E-state index in [0.29, 0.717) is 12.2 Å². The molecule has 5 heteroatoms. The minimum atomic E-state index is -0.470. The van der Waals surface area contributed by atoms with Crippen LogP contribution in [-0.4, -0.2) is 35.8 Å². The van der Waals surface area contributed by atoms with Crippen LogP contribution in [0.15, 0.2) is 24.3 Å². The van der Waals surface area contributed by atoms with Gasteiger partial charge in [0.25, 0.3) is 0 Å². The summed E-state index contributed by atoms with van der Waals surface area (Å²) in [5.41, 5.74) is 5.89. The molecule has 0 spiro atoms. The molecule has 1 aliphatic heterocycles. The Labute approximate surface area is 126 Å². The van der Waals surface area contributed by atoms with Gasteiger partial charge in [-0.25, -0.2) is 4.79 Å². The Bertz CT molecular complexity index is 479. The number of carbonyl (C=O) groups is 1. The van der Waals surface area contributed by atoms with Gasteiger partial charge in [0.1, 0.15) is 17.5 Å². The highest BCUT2D eigenvalue weighted by molar-refractivity contribution is 5.68. The third kappa shape index (κ3) is 4.85. The highest BCUT2D eigenvalue weighted by Crippen LogP contribution is 2.21. The average molecular weight is 292 g/mol. The molecule has 1 aliphatic rings. The number of nitrogens with two attached hydrogens (primary N) is 1. The zero-order valence-electron chi connectivity index (χ0n) is 13.0. The maximum atomic E-state index is 12.1. The van der Waals surface area contributed by atoms with E-state index >= 15 is 0 Å². The van der Waals surface area contributed by atoms with Crippen molar-refractivity contribution in [3.8, 4) is 5.75 Å². The van der Waals surface area contributed by atoms with Crippen LogP contribution < -0.4 is 10.5 Å². The molecule has 116 valence electrons. The summed E-state index contributed by atoms with van der Waals surface area (Å²) in [6.07, 6.45) is 1.57. The average Bonchev–Trinajstić information content (AvgIpc) is 2.40. The number of rotatable bonds is 2. The van der Waals surface area contributed by atoms with Crippen molar-refractivity contribution in [2.45, 2.75) is 45.3 Å². The largest absolute Gasteiger partial charge is 0.489 e. The van der Waals surface area contributed by atoms with E-state index in [0.717, 1.165) is 25.1 Å². The molecular weight excluding hydrogens is 268 g/mol. The zero-order valence-corrected chi connectivity index (χ0v) is 13.0. The molecule has 21 heavy (non-hydrogen) atoms. The summed E-state index contributed by atoms with van der Waals surface area (Å²) in [6, 6.07) is 7.32. The van der Waals surface area contributed by atoms with Crippen LogP contribution in [0, 0.1) is 0 Å². The van der Waals surface area contributed by atoms with Crippen molar-refractivity contribution in [3.63, 3.8) is 0 Å². The number of anilines is 1. The van der Waals surface area contributed by atoms with Crippen LogP contribution >= 0.6 is 0 Å². The fourth-order valence-corrected chi connectivity index (χ4v) is 2.27. The Hall–Kier alpha value is -1.91. The first-order chi connectivity index (χ1) is 9.83. The molecule has 1 aromatic rings. The number of ether oxygens (including phenoxy) is 2. The number of hydrogen-bond donors (Lipinski definition) is 1. The number of benzene rings is 1. The van der Waals surface area contributed by atoms with Gasteiger partial charge < -0.3 is 20.1 Å². The smallest absolute Gasteiger partial charge is 0.410 e. The highest BCUT2D eigenvalue weighted by atomic mass is 16.6. The fourth-order valence-electron chi connectivity index (χ4n) is 2.27. The van der Waals surface area contributed by atoms with Crippen LogP contribution in [0.1, 0.15) is 33.6 Å². The van der Waals surface area contributed by atoms with E-state index in [9.17, 15) is 4.79 Å². The lowest BCUT2D eigenvalue weighted by Crippen LogP contribution is -2.46. The van der Waals surface area contributed by atoms with Gasteiger partial charge in [-0.1, -0.05) is 0 Å². The molecule has 0 saturated carbocycles. The molecule has 0 aliphatic carbocycles. The Morgan fingerprint density at radius 2 is 1.95 bits per heavy atom. The Balaban J connectivity index is 1.91. The van der Waals surface area contributed by atoms with Crippen LogP contribution in [0.2, 0.25) is 0 Å². The molecule has 1 aromatic carbocycles. The van der Waals surface area contributed by atoms with E-state index in [4.69, 9.17) is 15.2 Å². The highest BCUT2D eigenvalue weighted by Gasteiger charge is 2.28. The third-order valence-electron chi connectivity index (χ3n) is 3.21. The zero-order chi connectivity index (χ0) is 15.5. The summed E-state index contributed by atoms with van der Waals surface area (Å²) in [4.78, 5) is 13.8. The predicted octanol–water partition coefficient (Wildman–Crippen LogP) is 3.05. The molecule has 0 radical (unpaired) electrons. The first-order valence-corrected chi connectivity index (χ1v) is 7.33. The minimum Gasteiger partial charge on any atom is -0.489 e. The van der Waals surface area contributed by atoms with Crippen LogP contribution in [-0.2, 0) is 4.74 Å². The van der Waals surface area contributed by atoms with E-state index in [-0.39, 0.29) is 12.2 Å². The van der Waals surface area contributed by atoms with Gasteiger partial charge in [-0.3, -0.25) is 0 Å². The van der Waals surface area contributed by atoms with Crippen molar-refractivity contribution in [1.82, 2.24) is 4.90 Å². The van der Waals surface area contributed by atoms with Crippen molar-refractivity contribution in [1.29, 1.82) is 0 Å². The van der Waals surface area contributed by atoms with E-state index in [2.05, 4.69) is 0 Å². The van der Waals surface area contributed by atoms with Crippen LogP contribution in [0.25, 0.3) is 0 Å². The molecular formula is C16H24N2O3. The number of carbonyl (C=O) groups excluding carboxylic acids is 1. The summed E-state index contributed by atoms with van der Waals surface area (Å²) in [5, 5.41) is 0. The Kier molecular flexibility index (Phi) is 4.60. The van der Waals surface area contributed by atoms with Crippen molar-refractivity contribution in [3.05, 3.63) is 24.3 Å². The molecule has 2 N–H and O–H groups in total. The maximum Gasteiger partial charge on any atom is 0.410 e. The first-order valence-electron chi connectivity index (χ1n) is 7.33. The summed E-state index contributed by atoms with van der Waals surface area (Å²) in [5.74, 6) is 0.778. The number of hydrogen-bond acceptors (Lipinski definition) is 4. The van der Waals surface area contributed by atoms with Crippen molar-refractivity contribution in [2.75, 3.05) is 18.8 Å². The minimum absolute atomic E-state index is 0.00473. The van der Waals surface area contributed by atoms with Gasteiger partial charge in [0.15, 0.2) is 0 Å². The van der Waals surface area contributed by atoms with Crippen molar-refractivity contribution >= 4 is 11.8 Å². The quantitative estimate of drug-likeness (QED) is 0.851. The van der Waals surface area contributed by atoms with Crippen molar-refractivity contribution < 1.29 is 14.3 Å². The van der Waals surface area contributed by atoms with Gasteiger partial charge in [-0.05, 0) is 57.9 Å². The van der Waals surface area contributed by atoms with Gasteiger partial charge in [0.2, 0.25) is 0 Å². The number of piperidine rings is 1. The molecule has 1 saturated heterocycles. The van der Waals surface area contributed by atoms with Gasteiger partial charge in [-0.15, -0.1) is 0 Å². The second-order valence-electron chi connectivity index (χ2n) is 6.38. The predicted molar refractivity (Wildman–Crippen MR) is 82.3 cm³/mol. The normalized spacial score (nSPS) is 19.2. The lowest BCUT2D eigenvalue weighted by molar-refractivity contribution is 0.00776. The Morgan fingerprint density at radius 3 is 2.57 bits per heavy atom. The summed E-state index contributed by atoms with van der Waals surface area (Å²) in [7, 11) is 0. The molecule has 5 nitrogen and oxygen atoms in total. The van der Waals surface area contributed by atoms with E-state index < -0.39 is 5.60 Å². The molecule has 1 unspecified atom stereocenters.